The zero-order valence-corrected chi connectivity index (χ0v) is 21.6. The molecule has 0 saturated carbocycles. The van der Waals surface area contributed by atoms with E-state index < -0.39 is 22.5 Å². The van der Waals surface area contributed by atoms with Crippen molar-refractivity contribution in [2.75, 3.05) is 23.3 Å². The summed E-state index contributed by atoms with van der Waals surface area (Å²) in [6, 6.07) is 19.5. The second kappa shape index (κ2) is 11.7. The Bertz CT molecular complexity index is 1330. The van der Waals surface area contributed by atoms with E-state index in [1.165, 1.54) is 19.2 Å². The van der Waals surface area contributed by atoms with Crippen molar-refractivity contribution in [2.45, 2.75) is 38.1 Å². The Morgan fingerprint density at radius 1 is 1.00 bits per heavy atom. The Labute approximate surface area is 212 Å². The van der Waals surface area contributed by atoms with Crippen LogP contribution in [0.25, 0.3) is 0 Å². The van der Waals surface area contributed by atoms with Gasteiger partial charge in [0.05, 0.1) is 28.9 Å². The number of carbonyl (C=O) groups excluding carboxylic acids is 2. The standard InChI is InChI=1S/C27H31N3O5S/c1-5-20(3)28-27(32)22-13-9-10-14-23(22)29-26(31)18-30(24-17-19(2)15-16-25(24)35-4)36(33,34)21-11-7-6-8-12-21/h6-17,20H,5,18H2,1-4H3,(H,28,32)(H,29,31). The number of anilines is 2. The van der Waals surface area contributed by atoms with Gasteiger partial charge >= 0.3 is 0 Å². The lowest BCUT2D eigenvalue weighted by atomic mass is 10.1. The lowest BCUT2D eigenvalue weighted by Crippen LogP contribution is -2.39. The zero-order chi connectivity index (χ0) is 26.3. The van der Waals surface area contributed by atoms with Crippen LogP contribution in [-0.4, -0.2) is 39.9 Å². The summed E-state index contributed by atoms with van der Waals surface area (Å²) in [6.07, 6.45) is 0.755. The Balaban J connectivity index is 1.97. The number of amides is 2. The summed E-state index contributed by atoms with van der Waals surface area (Å²) < 4.78 is 33.8. The van der Waals surface area contributed by atoms with Crippen molar-refractivity contribution < 1.29 is 22.7 Å². The van der Waals surface area contributed by atoms with Crippen LogP contribution in [0.2, 0.25) is 0 Å². The van der Waals surface area contributed by atoms with E-state index in [2.05, 4.69) is 10.6 Å². The molecule has 0 aliphatic carbocycles. The summed E-state index contributed by atoms with van der Waals surface area (Å²) >= 11 is 0. The Hall–Kier alpha value is -3.85. The first-order valence-corrected chi connectivity index (χ1v) is 13.0. The minimum atomic E-state index is -4.12. The molecule has 3 aromatic carbocycles. The van der Waals surface area contributed by atoms with Gasteiger partial charge in [-0.05, 0) is 62.2 Å². The second-order valence-electron chi connectivity index (χ2n) is 8.38. The van der Waals surface area contributed by atoms with E-state index in [9.17, 15) is 18.0 Å². The van der Waals surface area contributed by atoms with Crippen LogP contribution >= 0.6 is 0 Å². The van der Waals surface area contributed by atoms with Crippen molar-refractivity contribution in [2.24, 2.45) is 0 Å². The summed E-state index contributed by atoms with van der Waals surface area (Å²) in [4.78, 5) is 26.0. The number of para-hydroxylation sites is 1. The van der Waals surface area contributed by atoms with E-state index in [1.807, 2.05) is 20.8 Å². The lowest BCUT2D eigenvalue weighted by Gasteiger charge is -2.26. The van der Waals surface area contributed by atoms with E-state index in [0.717, 1.165) is 16.3 Å². The highest BCUT2D eigenvalue weighted by Gasteiger charge is 2.30. The molecule has 0 spiro atoms. The van der Waals surface area contributed by atoms with Crippen molar-refractivity contribution >= 4 is 33.2 Å². The summed E-state index contributed by atoms with van der Waals surface area (Å²) in [5.74, 6) is -0.627. The molecule has 1 unspecified atom stereocenters. The van der Waals surface area contributed by atoms with Gasteiger partial charge in [-0.2, -0.15) is 0 Å². The van der Waals surface area contributed by atoms with E-state index >= 15 is 0 Å². The number of sulfonamides is 1. The Kier molecular flexibility index (Phi) is 8.71. The average molecular weight is 510 g/mol. The molecule has 8 nitrogen and oxygen atoms in total. The number of aryl methyl sites for hydroxylation is 1. The van der Waals surface area contributed by atoms with Gasteiger partial charge in [-0.15, -0.1) is 0 Å². The quantitative estimate of drug-likeness (QED) is 0.422. The van der Waals surface area contributed by atoms with E-state index in [1.54, 1.807) is 60.7 Å². The highest BCUT2D eigenvalue weighted by atomic mass is 32.2. The van der Waals surface area contributed by atoms with Crippen molar-refractivity contribution in [1.82, 2.24) is 5.32 Å². The minimum Gasteiger partial charge on any atom is -0.495 e. The van der Waals surface area contributed by atoms with Crippen LogP contribution in [0.1, 0.15) is 36.2 Å². The van der Waals surface area contributed by atoms with Gasteiger partial charge in [0.2, 0.25) is 5.91 Å². The average Bonchev–Trinajstić information content (AvgIpc) is 2.87. The molecule has 0 aliphatic rings. The molecule has 3 rings (SSSR count). The molecule has 0 heterocycles. The number of nitrogens with zero attached hydrogens (tertiary/aromatic N) is 1. The monoisotopic (exact) mass is 509 g/mol. The first-order valence-electron chi connectivity index (χ1n) is 11.6. The van der Waals surface area contributed by atoms with Crippen LogP contribution in [0, 0.1) is 6.92 Å². The summed E-state index contributed by atoms with van der Waals surface area (Å²) in [5, 5.41) is 5.59. The largest absolute Gasteiger partial charge is 0.495 e. The van der Waals surface area contributed by atoms with E-state index in [-0.39, 0.29) is 33.8 Å². The molecule has 0 radical (unpaired) electrons. The van der Waals surface area contributed by atoms with Gasteiger partial charge in [-0.25, -0.2) is 8.42 Å². The van der Waals surface area contributed by atoms with Gasteiger partial charge in [0.15, 0.2) is 0 Å². The molecule has 2 amide bonds. The van der Waals surface area contributed by atoms with Gasteiger partial charge in [-0.3, -0.25) is 13.9 Å². The number of rotatable bonds is 10. The predicted octanol–water partition coefficient (Wildman–Crippen LogP) is 4.37. The zero-order valence-electron chi connectivity index (χ0n) is 20.8. The first kappa shape index (κ1) is 26.7. The lowest BCUT2D eigenvalue weighted by molar-refractivity contribution is -0.114. The molecule has 0 bridgehead atoms. The highest BCUT2D eigenvalue weighted by molar-refractivity contribution is 7.92. The predicted molar refractivity (Wildman–Crippen MR) is 141 cm³/mol. The van der Waals surface area contributed by atoms with E-state index in [4.69, 9.17) is 4.74 Å². The molecule has 36 heavy (non-hydrogen) atoms. The number of hydrogen-bond donors (Lipinski definition) is 2. The normalized spacial score (nSPS) is 11.9. The Morgan fingerprint density at radius 3 is 2.33 bits per heavy atom. The maximum atomic E-state index is 13.7. The van der Waals surface area contributed by atoms with Crippen molar-refractivity contribution in [3.63, 3.8) is 0 Å². The van der Waals surface area contributed by atoms with Crippen LogP contribution in [-0.2, 0) is 14.8 Å². The topological polar surface area (TPSA) is 105 Å². The number of hydrogen-bond acceptors (Lipinski definition) is 5. The van der Waals surface area contributed by atoms with Crippen LogP contribution in [0.5, 0.6) is 5.75 Å². The molecule has 9 heteroatoms. The highest BCUT2D eigenvalue weighted by Crippen LogP contribution is 2.33. The van der Waals surface area contributed by atoms with Crippen LogP contribution in [0.15, 0.2) is 77.7 Å². The van der Waals surface area contributed by atoms with Gasteiger partial charge in [-0.1, -0.05) is 43.3 Å². The van der Waals surface area contributed by atoms with Gasteiger partial charge in [0.25, 0.3) is 15.9 Å². The van der Waals surface area contributed by atoms with Crippen molar-refractivity contribution in [1.29, 1.82) is 0 Å². The van der Waals surface area contributed by atoms with Gasteiger partial charge in [0.1, 0.15) is 12.3 Å². The maximum absolute atomic E-state index is 13.7. The number of methoxy groups -OCH3 is 1. The third-order valence-corrected chi connectivity index (χ3v) is 7.43. The maximum Gasteiger partial charge on any atom is 0.264 e. The number of carbonyl (C=O) groups is 2. The van der Waals surface area contributed by atoms with Crippen molar-refractivity contribution in [3.05, 3.63) is 83.9 Å². The molecular weight excluding hydrogens is 478 g/mol. The molecular formula is C27H31N3O5S. The van der Waals surface area contributed by atoms with Crippen LogP contribution in [0.3, 0.4) is 0 Å². The summed E-state index contributed by atoms with van der Waals surface area (Å²) in [7, 11) is -2.69. The fourth-order valence-electron chi connectivity index (χ4n) is 3.53. The molecule has 0 saturated heterocycles. The van der Waals surface area contributed by atoms with Gasteiger partial charge < -0.3 is 15.4 Å². The number of ether oxygens (including phenoxy) is 1. The molecule has 0 aromatic heterocycles. The SMILES string of the molecule is CCC(C)NC(=O)c1ccccc1NC(=O)CN(c1cc(C)ccc1OC)S(=O)(=O)c1ccccc1. The smallest absolute Gasteiger partial charge is 0.264 e. The number of nitrogens with one attached hydrogen (secondary N) is 2. The minimum absolute atomic E-state index is 0.0368. The summed E-state index contributed by atoms with van der Waals surface area (Å²) in [6.45, 7) is 5.14. The van der Waals surface area contributed by atoms with Crippen molar-refractivity contribution in [3.8, 4) is 5.75 Å². The molecule has 0 fully saturated rings. The molecule has 0 aliphatic heterocycles. The molecule has 190 valence electrons. The van der Waals surface area contributed by atoms with Crippen LogP contribution in [0.4, 0.5) is 11.4 Å². The first-order chi connectivity index (χ1) is 17.2. The second-order valence-corrected chi connectivity index (χ2v) is 10.2. The fraction of sp³-hybridized carbons (Fsp3) is 0.259. The molecule has 1 atom stereocenters. The number of benzene rings is 3. The molecule has 3 aromatic rings. The van der Waals surface area contributed by atoms with E-state index in [0.29, 0.717) is 5.75 Å². The fourth-order valence-corrected chi connectivity index (χ4v) is 4.97. The third kappa shape index (κ3) is 6.23. The summed E-state index contributed by atoms with van der Waals surface area (Å²) in [5.41, 5.74) is 1.61. The third-order valence-electron chi connectivity index (χ3n) is 5.66. The molecule has 2 N–H and O–H groups in total. The Morgan fingerprint density at radius 2 is 1.67 bits per heavy atom. The van der Waals surface area contributed by atoms with Gasteiger partial charge in [0, 0.05) is 6.04 Å². The van der Waals surface area contributed by atoms with Crippen LogP contribution < -0.4 is 19.7 Å².